The van der Waals surface area contributed by atoms with Gasteiger partial charge in [-0.25, -0.2) is 34.9 Å². The van der Waals surface area contributed by atoms with Crippen LogP contribution in [0.3, 0.4) is 0 Å². The molecule has 34 heteroatoms. The Labute approximate surface area is 557 Å². The molecule has 2 saturated heterocycles. The number of nitrogens with one attached hydrogen (secondary N) is 4. The Hall–Kier alpha value is -6.59. The number of likely N-dealkylation sites (N-methyl/N-ethyl adjacent to an activating group) is 2. The van der Waals surface area contributed by atoms with E-state index in [0.29, 0.717) is 98.0 Å². The zero-order valence-electron chi connectivity index (χ0n) is 51.8. The Morgan fingerprint density at radius 1 is 0.700 bits per heavy atom. The minimum absolute atomic E-state index is 0.100. The summed E-state index contributed by atoms with van der Waals surface area (Å²) in [5, 5.41) is 46.3. The molecule has 9 heterocycles. The quantitative estimate of drug-likeness (QED) is 0.0355. The van der Waals surface area contributed by atoms with Crippen LogP contribution < -0.4 is 27.0 Å². The molecule has 23 nitrogen and oxygen atoms in total. The number of halogens is 6. The number of alkyl halides is 3. The molecule has 9 rings (SSSR count). The molecule has 2 aliphatic heterocycles. The number of anilines is 7. The largest absolute Gasteiger partial charge is 0.411 e. The Kier molecular flexibility index (Phi) is 36.6. The zero-order valence-corrected chi connectivity index (χ0v) is 58.1. The Morgan fingerprint density at radius 3 is 1.57 bits per heavy atom. The SMILES string of the molecule is CC(C)(C)[Si](C)(C)OCc1cccc(N)n1.CF.CN1CCN(Cc2cccc(Nc3ncc(C#N)s3)n2)CCC1=O.CN1CCNCCC1=O.N#Cc1cnc(Nc2cccc(CCl)n2)s1.N#Cc1cnc(Nc2cccc(CO)n2)s1.O=P(Cl)(Cl)Cl.[2H]CF. The highest BCUT2D eigenvalue weighted by molar-refractivity contribution is 8.24. The summed E-state index contributed by atoms with van der Waals surface area (Å²) in [6, 6.07) is 28.4. The molecule has 2 amide bonds. The molecule has 0 saturated carbocycles. The summed E-state index contributed by atoms with van der Waals surface area (Å²) >= 11 is 23.4. The van der Waals surface area contributed by atoms with Gasteiger partial charge in [-0.15, -0.1) is 11.6 Å². The number of carbonyl (C=O) groups is 2. The van der Waals surface area contributed by atoms with Crippen LogP contribution in [0, 0.1) is 34.0 Å². The van der Waals surface area contributed by atoms with Gasteiger partial charge >= 0.3 is 5.20 Å². The van der Waals surface area contributed by atoms with Crippen LogP contribution in [0.2, 0.25) is 18.1 Å². The summed E-state index contributed by atoms with van der Waals surface area (Å²) < 4.78 is 40.6. The highest BCUT2D eigenvalue weighted by atomic mass is 36.0. The lowest BCUT2D eigenvalue weighted by molar-refractivity contribution is -0.129. The topological polar surface area (TPSA) is 326 Å². The summed E-state index contributed by atoms with van der Waals surface area (Å²) in [4.78, 5) is 59.6. The summed E-state index contributed by atoms with van der Waals surface area (Å²) in [5.74, 6) is 3.35. The third-order valence-electron chi connectivity index (χ3n) is 12.3. The number of rotatable bonds is 13. The smallest absolute Gasteiger partial charge is 0.339 e. The van der Waals surface area contributed by atoms with Crippen molar-refractivity contribution < 1.29 is 33.8 Å². The third kappa shape index (κ3) is 32.4. The maximum Gasteiger partial charge on any atom is 0.339 e. The molecule has 0 aromatic carbocycles. The third-order valence-corrected chi connectivity index (χ3v) is 19.5. The van der Waals surface area contributed by atoms with Gasteiger partial charge in [0.1, 0.15) is 56.1 Å². The molecular weight excluding hydrogens is 1340 g/mol. The number of aliphatic hydroxyl groups is 1. The second-order valence-electron chi connectivity index (χ2n) is 19.8. The van der Waals surface area contributed by atoms with Crippen LogP contribution in [0.15, 0.2) is 91.4 Å². The van der Waals surface area contributed by atoms with Crippen LogP contribution in [-0.2, 0) is 44.2 Å². The Balaban J connectivity index is 0.000000382. The number of aromatic nitrogens is 7. The second-order valence-corrected chi connectivity index (χ2v) is 34.6. The van der Waals surface area contributed by atoms with E-state index in [2.05, 4.69) is 135 Å². The molecule has 0 atom stereocenters. The number of nitrogens with two attached hydrogens (primary N) is 1. The van der Waals surface area contributed by atoms with Gasteiger partial charge in [0.15, 0.2) is 23.7 Å². The van der Waals surface area contributed by atoms with Crippen molar-refractivity contribution in [2.24, 2.45) is 0 Å². The molecule has 2 fully saturated rings. The first-order valence-corrected chi connectivity index (χ1v) is 37.1. The van der Waals surface area contributed by atoms with E-state index in [-0.39, 0.29) is 23.5 Å². The molecule has 0 radical (unpaired) electrons. The van der Waals surface area contributed by atoms with Crippen molar-refractivity contribution in [3.05, 3.63) is 129 Å². The van der Waals surface area contributed by atoms with Gasteiger partial charge in [-0.05, 0) is 100 Å². The normalized spacial score (nSPS) is 13.1. The monoisotopic (exact) mass is 1410 g/mol. The maximum atomic E-state index is 11.7. The number of hydrogen-bond acceptors (Lipinski definition) is 24. The molecule has 7 N–H and O–H groups in total. The summed E-state index contributed by atoms with van der Waals surface area (Å²) in [6.45, 7) is 17.3. The maximum absolute atomic E-state index is 11.7. The van der Waals surface area contributed by atoms with Crippen LogP contribution in [0.5, 0.6) is 0 Å². The molecule has 2 aliphatic rings. The number of amides is 2. The van der Waals surface area contributed by atoms with Crippen LogP contribution in [-0.4, -0.2) is 143 Å². The van der Waals surface area contributed by atoms with Gasteiger partial charge < -0.3 is 46.3 Å². The molecule has 486 valence electrons. The van der Waals surface area contributed by atoms with E-state index >= 15 is 0 Å². The van der Waals surface area contributed by atoms with E-state index in [4.69, 9.17) is 44.0 Å². The highest BCUT2D eigenvalue weighted by Gasteiger charge is 2.37. The van der Waals surface area contributed by atoms with Crippen molar-refractivity contribution in [2.75, 3.05) is 89.4 Å². The number of thiazole rings is 3. The molecular formula is C56H73Cl4F2N18O5PS3Si. The lowest BCUT2D eigenvalue weighted by Gasteiger charge is -2.36. The molecule has 0 aliphatic carbocycles. The van der Waals surface area contributed by atoms with Gasteiger partial charge in [-0.2, -0.15) is 15.8 Å². The number of aliphatic hydroxyl groups excluding tert-OH is 1. The number of hydrogen-bond donors (Lipinski definition) is 6. The minimum atomic E-state index is -3.22. The number of nitrogen functional groups attached to an aromatic ring is 1. The standard InChI is InChI=1S/C16H18N6OS.C12H22N2OSi.C10H7ClN4S.C10H8N4OS.C6H12N2O.2CH3F.Cl3OP/c1-21-7-8-22(6-5-15(21)23)11-12-3-2-4-14(19-12)20-16-18-10-13(9-17)24-16;1-12(2,3)16(4,5)15-9-10-7-6-8-11(13)14-10;11-4-7-2-1-3-9(14-7)15-10-13-6-8(5-12)16-10;11-4-8-5-12-10(16-8)14-9-3-1-2-7(6-15)13-9;1-8-5-4-7-3-2-6(8)9;2*1-2;1-5(2,3)4/h2-4,10H,5-8,11H2,1H3,(H,18,19,20);6-8H,9H2,1-5H3,(H2,13,14);1-3,6H,4H2,(H,13,14,15);1-3,5,15H,6H2,(H,12,13,14);7H,2-5H2,1H3;2*1H3;/i;;;;;1D;;. The first kappa shape index (κ1) is 77.7. The minimum Gasteiger partial charge on any atom is -0.411 e. The number of nitriles is 3. The zero-order chi connectivity index (χ0) is 68.0. The highest BCUT2D eigenvalue weighted by Crippen LogP contribution is 2.61. The van der Waals surface area contributed by atoms with E-state index in [1.807, 2.05) is 74.8 Å². The molecule has 90 heavy (non-hydrogen) atoms. The van der Waals surface area contributed by atoms with Crippen LogP contribution in [0.25, 0.3) is 0 Å². The number of nitrogens with zero attached hydrogens (tertiary/aromatic N) is 13. The molecule has 0 unspecified atom stereocenters. The van der Waals surface area contributed by atoms with E-state index < -0.39 is 20.7 Å². The lowest BCUT2D eigenvalue weighted by Crippen LogP contribution is -2.40. The van der Waals surface area contributed by atoms with Gasteiger partial charge in [0.2, 0.25) is 11.8 Å². The van der Waals surface area contributed by atoms with Crippen molar-refractivity contribution in [3.63, 3.8) is 0 Å². The number of pyridine rings is 4. The fourth-order valence-corrected chi connectivity index (χ4v) is 9.62. The average Bonchev–Trinajstić information content (AvgIpc) is 2.62. The van der Waals surface area contributed by atoms with Crippen molar-refractivity contribution in [2.45, 2.75) is 77.4 Å². The Morgan fingerprint density at radius 2 is 1.12 bits per heavy atom. The van der Waals surface area contributed by atoms with Crippen molar-refractivity contribution in [1.29, 1.82) is 15.8 Å². The van der Waals surface area contributed by atoms with Crippen LogP contribution >= 0.6 is 84.5 Å². The second kappa shape index (κ2) is 42.5. The summed E-state index contributed by atoms with van der Waals surface area (Å²) in [7, 11) is 1.50. The first-order chi connectivity index (χ1) is 43.2. The van der Waals surface area contributed by atoms with Crippen molar-refractivity contribution in [1.82, 2.24) is 54.9 Å². The van der Waals surface area contributed by atoms with Gasteiger partial charge in [-0.3, -0.25) is 27.8 Å². The molecule has 0 spiro atoms. The number of carbonyl (C=O) groups excluding carboxylic acids is 2. The molecule has 0 bridgehead atoms. The van der Waals surface area contributed by atoms with Gasteiger partial charge in [0.25, 0.3) is 0 Å². The van der Waals surface area contributed by atoms with Gasteiger partial charge in [0, 0.05) is 72.8 Å². The first-order valence-electron chi connectivity index (χ1n) is 27.5. The van der Waals surface area contributed by atoms with E-state index in [1.54, 1.807) is 40.3 Å². The summed E-state index contributed by atoms with van der Waals surface area (Å²) in [6.07, 6.45) is 5.77. The average molecular weight is 1410 g/mol. The van der Waals surface area contributed by atoms with Gasteiger partial charge in [0.05, 0.1) is 76.2 Å². The molecule has 7 aromatic heterocycles. The van der Waals surface area contributed by atoms with E-state index in [0.717, 1.165) is 56.4 Å². The predicted molar refractivity (Wildman–Crippen MR) is 361 cm³/mol. The fraction of sp³-hybridized carbons (Fsp3) is 0.393. The predicted octanol–water partition coefficient (Wildman–Crippen LogP) is 13.0. The molecule has 7 aromatic rings. The van der Waals surface area contributed by atoms with E-state index in [1.165, 1.54) is 46.4 Å². The van der Waals surface area contributed by atoms with Crippen molar-refractivity contribution in [3.8, 4) is 18.2 Å². The lowest BCUT2D eigenvalue weighted by atomic mass is 10.2. The van der Waals surface area contributed by atoms with Gasteiger partial charge in [-0.1, -0.05) is 79.0 Å². The fourth-order valence-electron chi connectivity index (χ4n) is 6.67. The summed E-state index contributed by atoms with van der Waals surface area (Å²) in [5.41, 5.74) is 8.85. The van der Waals surface area contributed by atoms with Crippen LogP contribution in [0.1, 0.15) is 72.4 Å². The van der Waals surface area contributed by atoms with Crippen LogP contribution in [0.4, 0.5) is 47.4 Å². The van der Waals surface area contributed by atoms with E-state index in [9.17, 15) is 22.9 Å². The van der Waals surface area contributed by atoms with Crippen molar-refractivity contribution >= 4 is 143 Å². The Bertz CT molecular complexity index is 3380.